The van der Waals surface area contributed by atoms with Gasteiger partial charge in [0, 0.05) is 36.2 Å². The molecule has 0 aliphatic heterocycles. The van der Waals surface area contributed by atoms with Crippen LogP contribution < -0.4 is 10.1 Å². The topological polar surface area (TPSA) is 47.0 Å². The van der Waals surface area contributed by atoms with Gasteiger partial charge in [0.25, 0.3) is 0 Å². The highest BCUT2D eigenvalue weighted by molar-refractivity contribution is 9.10. The summed E-state index contributed by atoms with van der Waals surface area (Å²) in [5.41, 5.74) is 3.28. The molecule has 28 heavy (non-hydrogen) atoms. The fraction of sp³-hybridized carbons (Fsp3) is 0.130. The Morgan fingerprint density at radius 3 is 2.43 bits per heavy atom. The second-order valence-corrected chi connectivity index (χ2v) is 6.99. The summed E-state index contributed by atoms with van der Waals surface area (Å²) in [5, 5.41) is 3.34. The van der Waals surface area contributed by atoms with Gasteiger partial charge in [-0.3, -0.25) is 9.97 Å². The first-order valence-electron chi connectivity index (χ1n) is 9.08. The number of halogens is 1. The Morgan fingerprint density at radius 1 is 0.857 bits per heavy atom. The fourth-order valence-electron chi connectivity index (χ4n) is 2.47. The highest BCUT2D eigenvalue weighted by Gasteiger charge is 1.96. The molecule has 0 saturated carbocycles. The minimum atomic E-state index is 0.589. The van der Waals surface area contributed by atoms with Crippen molar-refractivity contribution in [2.24, 2.45) is 0 Å². The Hall–Kier alpha value is -2.76. The molecule has 0 spiro atoms. The molecule has 0 amide bonds. The highest BCUT2D eigenvalue weighted by atomic mass is 79.9. The lowest BCUT2D eigenvalue weighted by Gasteiger charge is -2.06. The lowest BCUT2D eigenvalue weighted by molar-refractivity contribution is 0.315. The van der Waals surface area contributed by atoms with E-state index >= 15 is 0 Å². The van der Waals surface area contributed by atoms with Crippen molar-refractivity contribution >= 4 is 34.2 Å². The molecule has 1 aromatic carbocycles. The zero-order valence-electron chi connectivity index (χ0n) is 15.5. The van der Waals surface area contributed by atoms with Gasteiger partial charge in [-0.1, -0.05) is 52.4 Å². The number of nitrogens with one attached hydrogen (secondary N) is 1. The van der Waals surface area contributed by atoms with Crippen LogP contribution in [0.5, 0.6) is 5.75 Å². The van der Waals surface area contributed by atoms with Crippen LogP contribution in [0.15, 0.2) is 77.8 Å². The number of ether oxygens (including phenoxy) is 1. The van der Waals surface area contributed by atoms with E-state index in [0.717, 1.165) is 34.4 Å². The van der Waals surface area contributed by atoms with Crippen LogP contribution in [0.3, 0.4) is 0 Å². The van der Waals surface area contributed by atoms with Crippen molar-refractivity contribution in [2.45, 2.75) is 0 Å². The van der Waals surface area contributed by atoms with E-state index in [1.54, 1.807) is 18.6 Å². The van der Waals surface area contributed by atoms with Crippen molar-refractivity contribution in [3.8, 4) is 5.75 Å². The number of pyridine rings is 2. The number of aromatic nitrogens is 2. The molecule has 0 saturated heterocycles. The van der Waals surface area contributed by atoms with Crippen LogP contribution >= 0.6 is 15.9 Å². The van der Waals surface area contributed by atoms with E-state index in [9.17, 15) is 0 Å². The van der Waals surface area contributed by atoms with Crippen LogP contribution in [0, 0.1) is 0 Å². The molecular weight excluding hydrogens is 414 g/mol. The van der Waals surface area contributed by atoms with Crippen molar-refractivity contribution in [1.29, 1.82) is 0 Å². The van der Waals surface area contributed by atoms with Crippen LogP contribution in [0.2, 0.25) is 0 Å². The first-order chi connectivity index (χ1) is 13.8. The molecule has 0 fully saturated rings. The van der Waals surface area contributed by atoms with E-state index in [-0.39, 0.29) is 0 Å². The molecule has 2 aromatic heterocycles. The van der Waals surface area contributed by atoms with Crippen molar-refractivity contribution in [3.05, 3.63) is 94.5 Å². The minimum absolute atomic E-state index is 0.589. The molecule has 2 heterocycles. The highest BCUT2D eigenvalue weighted by Crippen LogP contribution is 2.14. The summed E-state index contributed by atoms with van der Waals surface area (Å²) in [6.07, 6.45) is 15.4. The smallest absolute Gasteiger partial charge is 0.138 e. The molecule has 0 unspecified atom stereocenters. The van der Waals surface area contributed by atoms with Gasteiger partial charge in [0.1, 0.15) is 12.4 Å². The summed E-state index contributed by atoms with van der Waals surface area (Å²) in [6, 6.07) is 14.1. The monoisotopic (exact) mass is 435 g/mol. The Bertz CT molecular complexity index is 909. The quantitative estimate of drug-likeness (QED) is 0.475. The van der Waals surface area contributed by atoms with E-state index < -0.39 is 0 Å². The maximum Gasteiger partial charge on any atom is 0.138 e. The van der Waals surface area contributed by atoms with Crippen molar-refractivity contribution in [2.75, 3.05) is 19.7 Å². The van der Waals surface area contributed by atoms with E-state index in [4.69, 9.17) is 4.74 Å². The molecular formula is C23H22BrN3O. The zero-order chi connectivity index (χ0) is 19.4. The molecule has 142 valence electrons. The molecule has 0 aliphatic rings. The van der Waals surface area contributed by atoms with Crippen molar-refractivity contribution in [3.63, 3.8) is 0 Å². The van der Waals surface area contributed by atoms with E-state index in [2.05, 4.69) is 55.5 Å². The molecule has 0 atom stereocenters. The standard InChI is InChI=1S/C23H22BrN3O/c24-22-7-5-19(6-8-22)2-1-11-25-14-15-28-23-16-21(17-27-18-23)4-3-20-9-12-26-13-10-20/h1-10,12-13,16-18,25H,11,14-15H2. The number of hydrogen-bond acceptors (Lipinski definition) is 4. The first kappa shape index (κ1) is 20.0. The summed E-state index contributed by atoms with van der Waals surface area (Å²) in [6.45, 7) is 2.15. The predicted molar refractivity (Wildman–Crippen MR) is 119 cm³/mol. The Labute approximate surface area is 174 Å². The van der Waals surface area contributed by atoms with Crippen LogP contribution in [0.1, 0.15) is 16.7 Å². The van der Waals surface area contributed by atoms with Gasteiger partial charge in [-0.25, -0.2) is 0 Å². The summed E-state index contributed by atoms with van der Waals surface area (Å²) in [4.78, 5) is 8.26. The van der Waals surface area contributed by atoms with Gasteiger partial charge >= 0.3 is 0 Å². The second kappa shape index (κ2) is 11.2. The van der Waals surface area contributed by atoms with Crippen LogP contribution in [-0.4, -0.2) is 29.7 Å². The number of benzene rings is 1. The molecule has 5 heteroatoms. The molecule has 4 nitrogen and oxygen atoms in total. The molecule has 3 rings (SSSR count). The molecule has 3 aromatic rings. The summed E-state index contributed by atoms with van der Waals surface area (Å²) in [7, 11) is 0. The molecule has 0 aliphatic carbocycles. The zero-order valence-corrected chi connectivity index (χ0v) is 17.0. The van der Waals surface area contributed by atoms with Gasteiger partial charge in [0.2, 0.25) is 0 Å². The van der Waals surface area contributed by atoms with Gasteiger partial charge in [-0.05, 0) is 47.0 Å². The molecule has 0 bridgehead atoms. The molecule has 0 radical (unpaired) electrons. The van der Waals surface area contributed by atoms with Crippen molar-refractivity contribution < 1.29 is 4.74 Å². The van der Waals surface area contributed by atoms with E-state index in [1.165, 1.54) is 5.56 Å². The van der Waals surface area contributed by atoms with Gasteiger partial charge in [-0.15, -0.1) is 0 Å². The third-order valence-electron chi connectivity index (χ3n) is 3.90. The third-order valence-corrected chi connectivity index (χ3v) is 4.43. The first-order valence-corrected chi connectivity index (χ1v) is 9.88. The van der Waals surface area contributed by atoms with E-state index in [0.29, 0.717) is 6.61 Å². The van der Waals surface area contributed by atoms with Gasteiger partial charge in [-0.2, -0.15) is 0 Å². The van der Waals surface area contributed by atoms with Crippen LogP contribution in [0.4, 0.5) is 0 Å². The predicted octanol–water partition coefficient (Wildman–Crippen LogP) is 5.09. The van der Waals surface area contributed by atoms with Gasteiger partial charge in [0.15, 0.2) is 0 Å². The summed E-state index contributed by atoms with van der Waals surface area (Å²) >= 11 is 3.44. The Balaban J connectivity index is 1.38. The lowest BCUT2D eigenvalue weighted by Crippen LogP contribution is -2.21. The minimum Gasteiger partial charge on any atom is -0.491 e. The van der Waals surface area contributed by atoms with E-state index in [1.807, 2.05) is 48.7 Å². The Morgan fingerprint density at radius 2 is 1.61 bits per heavy atom. The summed E-state index contributed by atoms with van der Waals surface area (Å²) < 4.78 is 6.87. The fourth-order valence-corrected chi connectivity index (χ4v) is 2.73. The second-order valence-electron chi connectivity index (χ2n) is 6.07. The average Bonchev–Trinajstić information content (AvgIpc) is 2.74. The number of hydrogen-bond donors (Lipinski definition) is 1. The van der Waals surface area contributed by atoms with Gasteiger partial charge < -0.3 is 10.1 Å². The maximum atomic E-state index is 5.78. The summed E-state index contributed by atoms with van der Waals surface area (Å²) in [5.74, 6) is 0.768. The third kappa shape index (κ3) is 7.10. The van der Waals surface area contributed by atoms with Crippen LogP contribution in [-0.2, 0) is 0 Å². The number of nitrogens with zero attached hydrogens (tertiary/aromatic N) is 2. The largest absolute Gasteiger partial charge is 0.491 e. The lowest BCUT2D eigenvalue weighted by atomic mass is 10.2. The van der Waals surface area contributed by atoms with Gasteiger partial charge in [0.05, 0.1) is 6.20 Å². The normalized spacial score (nSPS) is 11.3. The molecule has 1 N–H and O–H groups in total. The Kier molecular flexibility index (Phi) is 7.97. The maximum absolute atomic E-state index is 5.78. The van der Waals surface area contributed by atoms with Crippen molar-refractivity contribution in [1.82, 2.24) is 15.3 Å². The number of rotatable bonds is 9. The van der Waals surface area contributed by atoms with Crippen LogP contribution in [0.25, 0.3) is 18.2 Å². The SMILES string of the molecule is Brc1ccc(C=CCNCCOc2cncc(C=Cc3ccncc3)c2)cc1. The average molecular weight is 436 g/mol.